The molecule has 0 saturated carbocycles. The van der Waals surface area contributed by atoms with Crippen LogP contribution in [0.2, 0.25) is 32.2 Å². The molecule has 0 aliphatic carbocycles. The Hall–Kier alpha value is -1.95. The zero-order valence-electron chi connectivity index (χ0n) is 19.8. The van der Waals surface area contributed by atoms with Gasteiger partial charge in [0.15, 0.2) is 0 Å². The fourth-order valence-corrected chi connectivity index (χ4v) is 8.61. The molecule has 0 fully saturated rings. The molecule has 31 heavy (non-hydrogen) atoms. The molecule has 3 aromatic carbocycles. The third kappa shape index (κ3) is 6.77. The van der Waals surface area contributed by atoms with E-state index in [1.165, 1.54) is 28.4 Å². The van der Waals surface area contributed by atoms with Crippen molar-refractivity contribution in [2.75, 3.05) is 0 Å². The van der Waals surface area contributed by atoms with Gasteiger partial charge in [-0.15, -0.1) is 0 Å². The molecule has 3 heteroatoms. The van der Waals surface area contributed by atoms with Crippen molar-refractivity contribution in [3.8, 4) is 0 Å². The van der Waals surface area contributed by atoms with Gasteiger partial charge in [0.05, 0.1) is 6.10 Å². The predicted octanol–water partition coefficient (Wildman–Crippen LogP) is 6.89. The molecule has 0 bridgehead atoms. The van der Waals surface area contributed by atoms with Gasteiger partial charge < -0.3 is 4.43 Å². The van der Waals surface area contributed by atoms with Crippen LogP contribution >= 0.6 is 0 Å². The average molecular weight is 447 g/mol. The standard InChI is InChI=1S/C28H38OSi2/c1-24(21-22-30(2,3)4)23-28(25-15-9-6-10-16-25)29-31(5,26-17-11-7-12-18-26)27-19-13-8-14-20-27/h6-20,24,28H,21-23H2,1-5H3/t24-,28-/m0/s1. The van der Waals surface area contributed by atoms with Gasteiger partial charge in [0.1, 0.15) is 0 Å². The van der Waals surface area contributed by atoms with E-state index in [-0.39, 0.29) is 6.10 Å². The van der Waals surface area contributed by atoms with Crippen LogP contribution in [0.3, 0.4) is 0 Å². The summed E-state index contributed by atoms with van der Waals surface area (Å²) in [5.74, 6) is 0.640. The second-order valence-corrected chi connectivity index (χ2v) is 19.3. The Morgan fingerprint density at radius 3 is 1.58 bits per heavy atom. The summed E-state index contributed by atoms with van der Waals surface area (Å²) in [7, 11) is -3.40. The van der Waals surface area contributed by atoms with Crippen molar-refractivity contribution in [1.82, 2.24) is 0 Å². The molecule has 0 unspecified atom stereocenters. The molecule has 0 radical (unpaired) electrons. The van der Waals surface area contributed by atoms with Crippen LogP contribution < -0.4 is 10.4 Å². The quantitative estimate of drug-likeness (QED) is 0.308. The molecule has 164 valence electrons. The molecule has 0 aliphatic heterocycles. The van der Waals surface area contributed by atoms with Crippen LogP contribution in [0.15, 0.2) is 91.0 Å². The van der Waals surface area contributed by atoms with Gasteiger partial charge in [0.25, 0.3) is 8.32 Å². The first kappa shape index (κ1) is 23.7. The van der Waals surface area contributed by atoms with Crippen molar-refractivity contribution in [3.05, 3.63) is 96.6 Å². The van der Waals surface area contributed by atoms with Crippen LogP contribution in [-0.4, -0.2) is 16.4 Å². The number of hydrogen-bond acceptors (Lipinski definition) is 1. The molecule has 0 heterocycles. The zero-order valence-corrected chi connectivity index (χ0v) is 21.8. The van der Waals surface area contributed by atoms with E-state index in [0.717, 1.165) is 6.42 Å². The van der Waals surface area contributed by atoms with Crippen molar-refractivity contribution in [2.45, 2.75) is 58.1 Å². The average Bonchev–Trinajstić information content (AvgIpc) is 2.78. The van der Waals surface area contributed by atoms with Gasteiger partial charge in [0, 0.05) is 8.07 Å². The van der Waals surface area contributed by atoms with Gasteiger partial charge in [-0.05, 0) is 34.8 Å². The third-order valence-corrected chi connectivity index (χ3v) is 11.6. The van der Waals surface area contributed by atoms with Gasteiger partial charge in [-0.1, -0.05) is 130 Å². The molecule has 0 saturated heterocycles. The summed E-state index contributed by atoms with van der Waals surface area (Å²) in [5, 5.41) is 2.66. The maximum Gasteiger partial charge on any atom is 0.253 e. The van der Waals surface area contributed by atoms with E-state index >= 15 is 0 Å². The van der Waals surface area contributed by atoms with Gasteiger partial charge in [0.2, 0.25) is 0 Å². The molecule has 3 aromatic rings. The first-order chi connectivity index (χ1) is 14.8. The van der Waals surface area contributed by atoms with Gasteiger partial charge in [-0.25, -0.2) is 0 Å². The Morgan fingerprint density at radius 2 is 1.13 bits per heavy atom. The lowest BCUT2D eigenvalue weighted by Crippen LogP contribution is -2.58. The second-order valence-electron chi connectivity index (χ2n) is 10.2. The van der Waals surface area contributed by atoms with Gasteiger partial charge >= 0.3 is 0 Å². The summed E-state index contributed by atoms with van der Waals surface area (Å²) < 4.78 is 7.25. The molecule has 0 spiro atoms. The Bertz CT molecular complexity index is 865. The largest absolute Gasteiger partial charge is 0.401 e. The molecule has 0 amide bonds. The Balaban J connectivity index is 1.93. The topological polar surface area (TPSA) is 9.23 Å². The highest BCUT2D eigenvalue weighted by atomic mass is 28.4. The monoisotopic (exact) mass is 446 g/mol. The summed E-state index contributed by atoms with van der Waals surface area (Å²) in [6.45, 7) is 12.2. The van der Waals surface area contributed by atoms with Crippen LogP contribution in [0.4, 0.5) is 0 Å². The maximum absolute atomic E-state index is 7.25. The Kier molecular flexibility index (Phi) is 8.09. The van der Waals surface area contributed by atoms with Crippen molar-refractivity contribution in [3.63, 3.8) is 0 Å². The lowest BCUT2D eigenvalue weighted by atomic mass is 9.96. The molecule has 2 atom stereocenters. The summed E-state index contributed by atoms with van der Waals surface area (Å²) in [6.07, 6.45) is 2.46. The maximum atomic E-state index is 7.25. The third-order valence-electron chi connectivity index (χ3n) is 6.20. The van der Waals surface area contributed by atoms with Gasteiger partial charge in [-0.3, -0.25) is 0 Å². The van der Waals surface area contributed by atoms with E-state index in [9.17, 15) is 0 Å². The summed E-state index contributed by atoms with van der Waals surface area (Å²) in [5.41, 5.74) is 1.30. The molecule has 0 aromatic heterocycles. The molecular formula is C28H38OSi2. The SMILES string of the molecule is C[C@@H](CC[Si](C)(C)C)C[C@H](O[Si](C)(c1ccccc1)c1ccccc1)c1ccccc1. The minimum absolute atomic E-state index is 0.106. The number of rotatable bonds is 10. The normalized spacial score (nSPS) is 14.2. The fraction of sp³-hybridized carbons (Fsp3) is 0.357. The lowest BCUT2D eigenvalue weighted by Gasteiger charge is -2.35. The highest BCUT2D eigenvalue weighted by Crippen LogP contribution is 2.31. The molecule has 1 nitrogen and oxygen atoms in total. The minimum atomic E-state index is -2.37. The van der Waals surface area contributed by atoms with E-state index < -0.39 is 16.4 Å². The van der Waals surface area contributed by atoms with E-state index in [2.05, 4.69) is 124 Å². The molecule has 3 rings (SSSR count). The molecular weight excluding hydrogens is 408 g/mol. The van der Waals surface area contributed by atoms with Crippen LogP contribution in [0, 0.1) is 5.92 Å². The highest BCUT2D eigenvalue weighted by Gasteiger charge is 2.37. The number of hydrogen-bond donors (Lipinski definition) is 0. The van der Waals surface area contributed by atoms with Gasteiger partial charge in [-0.2, -0.15) is 0 Å². The first-order valence-corrected chi connectivity index (χ1v) is 17.7. The summed E-state index contributed by atoms with van der Waals surface area (Å²) in [6, 6.07) is 34.0. The minimum Gasteiger partial charge on any atom is -0.401 e. The van der Waals surface area contributed by atoms with Crippen molar-refractivity contribution < 1.29 is 4.43 Å². The van der Waals surface area contributed by atoms with E-state index in [1.54, 1.807) is 0 Å². The lowest BCUT2D eigenvalue weighted by molar-refractivity contribution is 0.170. The van der Waals surface area contributed by atoms with Crippen LogP contribution in [-0.2, 0) is 4.43 Å². The highest BCUT2D eigenvalue weighted by molar-refractivity contribution is 6.96. The predicted molar refractivity (Wildman–Crippen MR) is 141 cm³/mol. The second kappa shape index (κ2) is 10.6. The van der Waals surface area contributed by atoms with Crippen molar-refractivity contribution in [1.29, 1.82) is 0 Å². The van der Waals surface area contributed by atoms with Crippen molar-refractivity contribution in [2.24, 2.45) is 5.92 Å². The fourth-order valence-electron chi connectivity index (χ4n) is 4.18. The summed E-state index contributed by atoms with van der Waals surface area (Å²) in [4.78, 5) is 0. The number of benzene rings is 3. The smallest absolute Gasteiger partial charge is 0.253 e. The first-order valence-electron chi connectivity index (χ1n) is 11.6. The summed E-state index contributed by atoms with van der Waals surface area (Å²) >= 11 is 0. The Morgan fingerprint density at radius 1 is 0.677 bits per heavy atom. The van der Waals surface area contributed by atoms with E-state index in [4.69, 9.17) is 4.43 Å². The van der Waals surface area contributed by atoms with Crippen LogP contribution in [0.25, 0.3) is 0 Å². The molecule has 0 aliphatic rings. The van der Waals surface area contributed by atoms with Crippen molar-refractivity contribution >= 4 is 26.8 Å². The van der Waals surface area contributed by atoms with Crippen LogP contribution in [0.5, 0.6) is 0 Å². The molecule has 0 N–H and O–H groups in total. The van der Waals surface area contributed by atoms with E-state index in [0.29, 0.717) is 5.92 Å². The Labute approximate surface area is 191 Å². The van der Waals surface area contributed by atoms with E-state index in [1.807, 2.05) is 0 Å². The zero-order chi connectivity index (χ0) is 22.3. The van der Waals surface area contributed by atoms with Crippen LogP contribution in [0.1, 0.15) is 31.4 Å².